The molecule has 8 heteroatoms. The van der Waals surface area contributed by atoms with Gasteiger partial charge in [0, 0.05) is 22.7 Å². The van der Waals surface area contributed by atoms with Crippen LogP contribution in [0.25, 0.3) is 0 Å². The molecule has 1 aliphatic carbocycles. The molecule has 2 aliphatic rings. The van der Waals surface area contributed by atoms with Gasteiger partial charge in [0.05, 0.1) is 6.42 Å². The Hall–Kier alpha value is -3.52. The highest BCUT2D eigenvalue weighted by Gasteiger charge is 2.35. The third-order valence-corrected chi connectivity index (χ3v) is 7.35. The Balaban J connectivity index is 1.55. The van der Waals surface area contributed by atoms with Crippen LogP contribution in [-0.2, 0) is 16.0 Å². The van der Waals surface area contributed by atoms with Gasteiger partial charge >= 0.3 is 0 Å². The Morgan fingerprint density at radius 1 is 1.03 bits per heavy atom. The van der Waals surface area contributed by atoms with Crippen LogP contribution >= 0.6 is 11.3 Å². The number of hydrogen-bond acceptors (Lipinski definition) is 6. The van der Waals surface area contributed by atoms with Crippen LogP contribution in [0.3, 0.4) is 0 Å². The van der Waals surface area contributed by atoms with E-state index >= 15 is 0 Å². The lowest BCUT2D eigenvalue weighted by molar-refractivity contribution is -0.127. The van der Waals surface area contributed by atoms with Crippen LogP contribution in [0.4, 0.5) is 5.69 Å². The number of rotatable bonds is 7. The van der Waals surface area contributed by atoms with Crippen molar-refractivity contribution in [3.05, 3.63) is 70.4 Å². The number of carbonyl (C=O) groups excluding carboxylic acids is 2. The van der Waals surface area contributed by atoms with Crippen molar-refractivity contribution in [2.45, 2.75) is 50.6 Å². The van der Waals surface area contributed by atoms with E-state index in [0.29, 0.717) is 22.7 Å². The van der Waals surface area contributed by atoms with Crippen LogP contribution in [0.2, 0.25) is 0 Å². The third-order valence-electron chi connectivity index (χ3n) is 6.48. The van der Waals surface area contributed by atoms with Crippen molar-refractivity contribution in [1.82, 2.24) is 5.32 Å². The van der Waals surface area contributed by atoms with Crippen molar-refractivity contribution in [3.8, 4) is 17.2 Å². The molecule has 2 heterocycles. The highest BCUT2D eigenvalue weighted by molar-refractivity contribution is 7.10. The second kappa shape index (κ2) is 10.4. The molecule has 1 saturated carbocycles. The largest absolute Gasteiger partial charge is 0.508 e. The molecule has 1 atom stereocenters. The predicted molar refractivity (Wildman–Crippen MR) is 134 cm³/mol. The summed E-state index contributed by atoms with van der Waals surface area (Å²) in [7, 11) is 0. The number of fused-ring (bicyclic) bond motifs is 1. The number of carbonyl (C=O) groups is 2. The van der Waals surface area contributed by atoms with Gasteiger partial charge in [-0.05, 0) is 54.1 Å². The molecule has 5 rings (SSSR count). The molecule has 1 fully saturated rings. The minimum Gasteiger partial charge on any atom is -0.508 e. The fourth-order valence-electron chi connectivity index (χ4n) is 4.72. The van der Waals surface area contributed by atoms with E-state index in [9.17, 15) is 14.7 Å². The van der Waals surface area contributed by atoms with Crippen LogP contribution in [0.15, 0.2) is 60.0 Å². The molecule has 0 saturated heterocycles. The summed E-state index contributed by atoms with van der Waals surface area (Å²) < 4.78 is 11.0. The summed E-state index contributed by atoms with van der Waals surface area (Å²) in [5.41, 5.74) is 1.17. The van der Waals surface area contributed by atoms with Gasteiger partial charge in [-0.3, -0.25) is 14.5 Å². The van der Waals surface area contributed by atoms with Crippen LogP contribution in [0.1, 0.15) is 48.6 Å². The van der Waals surface area contributed by atoms with Gasteiger partial charge in [-0.15, -0.1) is 11.3 Å². The zero-order chi connectivity index (χ0) is 24.2. The van der Waals surface area contributed by atoms with Crippen LogP contribution < -0.4 is 19.7 Å². The Labute approximate surface area is 208 Å². The minimum atomic E-state index is -0.912. The van der Waals surface area contributed by atoms with Crippen molar-refractivity contribution in [3.63, 3.8) is 0 Å². The van der Waals surface area contributed by atoms with Gasteiger partial charge in [0.15, 0.2) is 11.5 Å². The number of benzene rings is 2. The Morgan fingerprint density at radius 2 is 1.80 bits per heavy atom. The molecule has 0 unspecified atom stereocenters. The summed E-state index contributed by atoms with van der Waals surface area (Å²) in [5.74, 6) is 0.795. The molecule has 35 heavy (non-hydrogen) atoms. The average molecular weight is 493 g/mol. The number of phenolic OH excluding ortho intramolecular Hbond substituents is 1. The molecule has 2 N–H and O–H groups in total. The lowest BCUT2D eigenvalue weighted by atomic mass is 9.94. The van der Waals surface area contributed by atoms with E-state index in [4.69, 9.17) is 9.47 Å². The van der Waals surface area contributed by atoms with E-state index in [0.717, 1.165) is 30.6 Å². The number of nitrogens with zero attached hydrogens (tertiary/aromatic N) is 1. The van der Waals surface area contributed by atoms with Crippen LogP contribution in [0.5, 0.6) is 17.2 Å². The number of anilines is 1. The summed E-state index contributed by atoms with van der Waals surface area (Å²) in [4.78, 5) is 30.1. The van der Waals surface area contributed by atoms with E-state index in [1.165, 1.54) is 29.9 Å². The van der Waals surface area contributed by atoms with Gasteiger partial charge in [-0.1, -0.05) is 37.5 Å². The van der Waals surface area contributed by atoms with Crippen molar-refractivity contribution >= 4 is 28.8 Å². The van der Waals surface area contributed by atoms with E-state index in [2.05, 4.69) is 5.32 Å². The smallest absolute Gasteiger partial charge is 0.248 e. The fourth-order valence-corrected chi connectivity index (χ4v) is 5.42. The first-order chi connectivity index (χ1) is 17.1. The first kappa shape index (κ1) is 23.2. The maximum atomic E-state index is 13.8. The zero-order valence-electron chi connectivity index (χ0n) is 19.3. The Kier molecular flexibility index (Phi) is 6.90. The second-order valence-electron chi connectivity index (χ2n) is 8.90. The Morgan fingerprint density at radius 3 is 2.54 bits per heavy atom. The van der Waals surface area contributed by atoms with E-state index < -0.39 is 6.04 Å². The first-order valence-electron chi connectivity index (χ1n) is 11.9. The van der Waals surface area contributed by atoms with Gasteiger partial charge in [0.1, 0.15) is 11.8 Å². The molecule has 0 bridgehead atoms. The first-order valence-corrected chi connectivity index (χ1v) is 12.8. The van der Waals surface area contributed by atoms with Crippen LogP contribution in [-0.4, -0.2) is 29.8 Å². The minimum absolute atomic E-state index is 0.0851. The Bertz CT molecular complexity index is 1170. The summed E-state index contributed by atoms with van der Waals surface area (Å²) in [6.07, 6.45) is 5.37. The lowest BCUT2D eigenvalue weighted by Crippen LogP contribution is -2.47. The topological polar surface area (TPSA) is 88.1 Å². The molecular weight excluding hydrogens is 464 g/mol. The standard InChI is InChI=1S/C27H28N2O5S/c30-21-11-8-18(9-12-21)26(27(32)28-19-5-2-1-3-6-19)29(25(31)16-22-7-4-14-35-22)20-10-13-23-24(15-20)34-17-33-23/h4,7-15,19,26,30H,1-3,5-6,16-17H2,(H,28,32)/t26-/m1/s1. The zero-order valence-corrected chi connectivity index (χ0v) is 20.1. The molecule has 0 spiro atoms. The molecule has 2 amide bonds. The van der Waals surface area contributed by atoms with Crippen molar-refractivity contribution in [2.24, 2.45) is 0 Å². The van der Waals surface area contributed by atoms with Gasteiger partial charge in [0.2, 0.25) is 18.6 Å². The maximum absolute atomic E-state index is 13.8. The second-order valence-corrected chi connectivity index (χ2v) is 9.93. The highest BCUT2D eigenvalue weighted by Crippen LogP contribution is 2.39. The third kappa shape index (κ3) is 5.27. The molecule has 3 aromatic rings. The summed E-state index contributed by atoms with van der Waals surface area (Å²) in [6.45, 7) is 0.117. The molecule has 2 aromatic carbocycles. The molecule has 0 radical (unpaired) electrons. The number of aromatic hydroxyl groups is 1. The maximum Gasteiger partial charge on any atom is 0.248 e. The fraction of sp³-hybridized carbons (Fsp3) is 0.333. The van der Waals surface area contributed by atoms with Crippen molar-refractivity contribution in [2.75, 3.05) is 11.7 Å². The average Bonchev–Trinajstić information content (AvgIpc) is 3.55. The van der Waals surface area contributed by atoms with Crippen molar-refractivity contribution in [1.29, 1.82) is 0 Å². The van der Waals surface area contributed by atoms with Gasteiger partial charge in [0.25, 0.3) is 0 Å². The van der Waals surface area contributed by atoms with E-state index in [1.54, 1.807) is 35.2 Å². The molecule has 182 valence electrons. The predicted octanol–water partition coefficient (Wildman–Crippen LogP) is 4.95. The van der Waals surface area contributed by atoms with E-state index in [1.807, 2.05) is 17.5 Å². The quantitative estimate of drug-likeness (QED) is 0.487. The normalized spacial score (nSPS) is 16.0. The summed E-state index contributed by atoms with van der Waals surface area (Å²) >= 11 is 1.50. The number of nitrogens with one attached hydrogen (secondary N) is 1. The number of ether oxygens (including phenoxy) is 2. The monoisotopic (exact) mass is 492 g/mol. The van der Waals surface area contributed by atoms with Gasteiger partial charge in [-0.25, -0.2) is 0 Å². The molecule has 1 aromatic heterocycles. The summed E-state index contributed by atoms with van der Waals surface area (Å²) in [6, 6.07) is 14.7. The SMILES string of the molecule is O=C(NC1CCCCC1)[C@@H](c1ccc(O)cc1)N(C(=O)Cc1cccs1)c1ccc2c(c1)OCO2. The number of amides is 2. The number of hydrogen-bond donors (Lipinski definition) is 2. The van der Waals surface area contributed by atoms with Gasteiger partial charge in [-0.2, -0.15) is 0 Å². The number of phenols is 1. The van der Waals surface area contributed by atoms with E-state index in [-0.39, 0.29) is 36.8 Å². The number of thiophene rings is 1. The molecule has 7 nitrogen and oxygen atoms in total. The summed E-state index contributed by atoms with van der Waals surface area (Å²) in [5, 5.41) is 15.0. The lowest BCUT2D eigenvalue weighted by Gasteiger charge is -2.33. The van der Waals surface area contributed by atoms with Crippen LogP contribution in [0, 0.1) is 0 Å². The van der Waals surface area contributed by atoms with Gasteiger partial charge < -0.3 is 19.9 Å². The highest BCUT2D eigenvalue weighted by atomic mass is 32.1. The molecule has 1 aliphatic heterocycles. The van der Waals surface area contributed by atoms with Crippen molar-refractivity contribution < 1.29 is 24.2 Å². The molecular formula is C27H28N2O5S.